The predicted molar refractivity (Wildman–Crippen MR) is 107 cm³/mol. The molecule has 6 nitrogen and oxygen atoms in total. The first-order valence-corrected chi connectivity index (χ1v) is 9.39. The Morgan fingerprint density at radius 2 is 1.71 bits per heavy atom. The van der Waals surface area contributed by atoms with Gasteiger partial charge in [0.15, 0.2) is 17.3 Å². The van der Waals surface area contributed by atoms with E-state index in [-0.39, 0.29) is 5.91 Å². The molecular weight excluding hydrogens is 356 g/mol. The molecule has 3 aromatic rings. The van der Waals surface area contributed by atoms with Crippen LogP contribution in [0.3, 0.4) is 0 Å². The van der Waals surface area contributed by atoms with E-state index in [9.17, 15) is 4.79 Å². The van der Waals surface area contributed by atoms with Crippen molar-refractivity contribution in [2.24, 2.45) is 0 Å². The molecular formula is C22H24N2O4. The Morgan fingerprint density at radius 1 is 0.964 bits per heavy atom. The fourth-order valence-corrected chi connectivity index (χ4v) is 3.59. The van der Waals surface area contributed by atoms with Gasteiger partial charge in [-0.05, 0) is 29.8 Å². The topological polar surface area (TPSA) is 55.2 Å². The van der Waals surface area contributed by atoms with E-state index in [0.717, 1.165) is 47.7 Å². The summed E-state index contributed by atoms with van der Waals surface area (Å²) in [5, 5.41) is 0.956. The maximum absolute atomic E-state index is 12.8. The van der Waals surface area contributed by atoms with Crippen LogP contribution in [0.2, 0.25) is 0 Å². The van der Waals surface area contributed by atoms with Crippen LogP contribution in [0.4, 0.5) is 0 Å². The van der Waals surface area contributed by atoms with E-state index >= 15 is 0 Å². The molecule has 0 radical (unpaired) electrons. The Kier molecular flexibility index (Phi) is 5.21. The molecule has 6 heteroatoms. The first-order chi connectivity index (χ1) is 13.7. The van der Waals surface area contributed by atoms with Crippen molar-refractivity contribution >= 4 is 16.9 Å². The van der Waals surface area contributed by atoms with Gasteiger partial charge in [-0.25, -0.2) is 0 Å². The quantitative estimate of drug-likeness (QED) is 0.679. The van der Waals surface area contributed by atoms with Crippen LogP contribution in [0, 0.1) is 0 Å². The van der Waals surface area contributed by atoms with Crippen molar-refractivity contribution in [3.63, 3.8) is 0 Å². The average molecular weight is 380 g/mol. The molecule has 0 saturated carbocycles. The van der Waals surface area contributed by atoms with E-state index in [1.54, 1.807) is 14.2 Å². The molecule has 0 bridgehead atoms. The second-order valence-corrected chi connectivity index (χ2v) is 6.91. The molecule has 0 atom stereocenters. The molecule has 1 aliphatic heterocycles. The summed E-state index contributed by atoms with van der Waals surface area (Å²) < 4.78 is 16.4. The Balaban J connectivity index is 1.37. The molecule has 0 N–H and O–H groups in total. The van der Waals surface area contributed by atoms with Gasteiger partial charge in [0.1, 0.15) is 5.58 Å². The summed E-state index contributed by atoms with van der Waals surface area (Å²) in [5.74, 6) is 1.84. The number of fused-ring (bicyclic) bond motifs is 1. The number of piperazine rings is 1. The second-order valence-electron chi connectivity index (χ2n) is 6.91. The Morgan fingerprint density at radius 3 is 2.43 bits per heavy atom. The number of nitrogens with zero attached hydrogens (tertiary/aromatic N) is 2. The maximum atomic E-state index is 12.8. The minimum absolute atomic E-state index is 0.0398. The Labute approximate surface area is 164 Å². The average Bonchev–Trinajstić information content (AvgIpc) is 3.18. The largest absolute Gasteiger partial charge is 0.493 e. The molecule has 1 aromatic heterocycles. The smallest absolute Gasteiger partial charge is 0.289 e. The Hall–Kier alpha value is -2.99. The van der Waals surface area contributed by atoms with Crippen LogP contribution in [0.25, 0.3) is 11.0 Å². The van der Waals surface area contributed by atoms with E-state index in [1.165, 1.54) is 0 Å². The van der Waals surface area contributed by atoms with Crippen LogP contribution < -0.4 is 9.47 Å². The maximum Gasteiger partial charge on any atom is 0.289 e. The van der Waals surface area contributed by atoms with Gasteiger partial charge in [0.2, 0.25) is 0 Å². The number of hydrogen-bond donors (Lipinski definition) is 0. The molecule has 1 aliphatic rings. The number of ether oxygens (including phenoxy) is 2. The fourth-order valence-electron chi connectivity index (χ4n) is 3.59. The van der Waals surface area contributed by atoms with Crippen molar-refractivity contribution in [3.05, 3.63) is 59.9 Å². The lowest BCUT2D eigenvalue weighted by atomic mass is 10.1. The lowest BCUT2D eigenvalue weighted by Gasteiger charge is -2.34. The monoisotopic (exact) mass is 380 g/mol. The van der Waals surface area contributed by atoms with Gasteiger partial charge < -0.3 is 18.8 Å². The number of benzene rings is 2. The van der Waals surface area contributed by atoms with E-state index in [2.05, 4.69) is 4.90 Å². The van der Waals surface area contributed by atoms with E-state index < -0.39 is 0 Å². The molecule has 2 aromatic carbocycles. The summed E-state index contributed by atoms with van der Waals surface area (Å²) in [6.45, 7) is 3.82. The minimum atomic E-state index is -0.0398. The molecule has 0 aliphatic carbocycles. The lowest BCUT2D eigenvalue weighted by molar-refractivity contribution is 0.0600. The van der Waals surface area contributed by atoms with Gasteiger partial charge in [-0.3, -0.25) is 9.69 Å². The number of furan rings is 1. The van der Waals surface area contributed by atoms with Gasteiger partial charge in [-0.1, -0.05) is 24.3 Å². The standard InChI is InChI=1S/C22H24N2O4/c1-26-19-8-7-16(13-20(19)27-2)15-23-9-11-24(12-10-23)22(25)21-14-17-5-3-4-6-18(17)28-21/h3-8,13-14H,9-12,15H2,1-2H3. The third kappa shape index (κ3) is 3.68. The number of para-hydroxylation sites is 1. The highest BCUT2D eigenvalue weighted by Crippen LogP contribution is 2.28. The molecule has 1 amide bonds. The molecule has 0 unspecified atom stereocenters. The summed E-state index contributed by atoms with van der Waals surface area (Å²) in [7, 11) is 3.28. The number of amides is 1. The van der Waals surface area contributed by atoms with Crippen molar-refractivity contribution in [2.75, 3.05) is 40.4 Å². The summed E-state index contributed by atoms with van der Waals surface area (Å²) in [6.07, 6.45) is 0. The van der Waals surface area contributed by atoms with Crippen LogP contribution in [0.1, 0.15) is 16.1 Å². The normalized spacial score (nSPS) is 15.0. The highest BCUT2D eigenvalue weighted by atomic mass is 16.5. The van der Waals surface area contributed by atoms with E-state index in [1.807, 2.05) is 53.4 Å². The zero-order valence-corrected chi connectivity index (χ0v) is 16.2. The van der Waals surface area contributed by atoms with Crippen molar-refractivity contribution in [1.29, 1.82) is 0 Å². The Bertz CT molecular complexity index is 941. The predicted octanol–water partition coefficient (Wildman–Crippen LogP) is 3.41. The van der Waals surface area contributed by atoms with Crippen molar-refractivity contribution in [1.82, 2.24) is 9.80 Å². The van der Waals surface area contributed by atoms with Crippen molar-refractivity contribution in [2.45, 2.75) is 6.54 Å². The van der Waals surface area contributed by atoms with Crippen molar-refractivity contribution in [3.8, 4) is 11.5 Å². The van der Waals surface area contributed by atoms with Crippen LogP contribution >= 0.6 is 0 Å². The molecule has 0 spiro atoms. The van der Waals surface area contributed by atoms with Crippen LogP contribution in [0.15, 0.2) is 52.9 Å². The third-order valence-corrected chi connectivity index (χ3v) is 5.15. The highest BCUT2D eigenvalue weighted by Gasteiger charge is 2.24. The summed E-state index contributed by atoms with van der Waals surface area (Å²) in [6, 6.07) is 15.5. The molecule has 1 fully saturated rings. The van der Waals surface area contributed by atoms with E-state index in [0.29, 0.717) is 18.8 Å². The van der Waals surface area contributed by atoms with Crippen molar-refractivity contribution < 1.29 is 18.7 Å². The van der Waals surface area contributed by atoms with E-state index in [4.69, 9.17) is 13.9 Å². The van der Waals surface area contributed by atoms with Crippen LogP contribution in [0.5, 0.6) is 11.5 Å². The van der Waals surface area contributed by atoms with Gasteiger partial charge in [0.25, 0.3) is 5.91 Å². The third-order valence-electron chi connectivity index (χ3n) is 5.15. The van der Waals surface area contributed by atoms with Crippen LogP contribution in [-0.2, 0) is 6.54 Å². The van der Waals surface area contributed by atoms with Crippen LogP contribution in [-0.4, -0.2) is 56.1 Å². The number of carbonyl (C=O) groups excluding carboxylic acids is 1. The summed E-state index contributed by atoms with van der Waals surface area (Å²) in [4.78, 5) is 17.0. The zero-order chi connectivity index (χ0) is 19.5. The second kappa shape index (κ2) is 7.94. The highest BCUT2D eigenvalue weighted by molar-refractivity contribution is 5.96. The molecule has 146 valence electrons. The molecule has 4 rings (SSSR count). The van der Waals surface area contributed by atoms with Gasteiger partial charge in [-0.2, -0.15) is 0 Å². The minimum Gasteiger partial charge on any atom is -0.493 e. The zero-order valence-electron chi connectivity index (χ0n) is 16.2. The molecule has 2 heterocycles. The van der Waals surface area contributed by atoms with Gasteiger partial charge in [0.05, 0.1) is 14.2 Å². The molecule has 1 saturated heterocycles. The van der Waals surface area contributed by atoms with Gasteiger partial charge in [-0.15, -0.1) is 0 Å². The first-order valence-electron chi connectivity index (χ1n) is 9.39. The summed E-state index contributed by atoms with van der Waals surface area (Å²) in [5.41, 5.74) is 1.91. The molecule has 28 heavy (non-hydrogen) atoms. The first kappa shape index (κ1) is 18.4. The van der Waals surface area contributed by atoms with Gasteiger partial charge in [0, 0.05) is 38.1 Å². The number of carbonyl (C=O) groups is 1. The fraction of sp³-hybridized carbons (Fsp3) is 0.318. The number of methoxy groups -OCH3 is 2. The number of rotatable bonds is 5. The number of hydrogen-bond acceptors (Lipinski definition) is 5. The lowest BCUT2D eigenvalue weighted by Crippen LogP contribution is -2.48. The summed E-state index contributed by atoms with van der Waals surface area (Å²) >= 11 is 0. The SMILES string of the molecule is COc1ccc(CN2CCN(C(=O)c3cc4ccccc4o3)CC2)cc1OC. The van der Waals surface area contributed by atoms with Gasteiger partial charge >= 0.3 is 0 Å².